The Labute approximate surface area is 200 Å². The molecule has 0 spiro atoms. The molecule has 0 aliphatic heterocycles. The molecule has 1 amide bonds. The molecule has 3 nitrogen and oxygen atoms in total. The molecule has 0 radical (unpaired) electrons. The Bertz CT molecular complexity index is 867. The molecule has 168 valence electrons. The molecule has 1 fully saturated rings. The molecule has 1 aliphatic carbocycles. The zero-order valence-electron chi connectivity index (χ0n) is 18.1. The van der Waals surface area contributed by atoms with Gasteiger partial charge in [-0.05, 0) is 80.3 Å². The molecule has 3 atom stereocenters. The number of nitrogens with one attached hydrogen (secondary N) is 1. The summed E-state index contributed by atoms with van der Waals surface area (Å²) in [7, 11) is 0. The molecular formula is C25H30Cl3NO2. The smallest absolute Gasteiger partial charge is 0.263 e. The van der Waals surface area contributed by atoms with Crippen molar-refractivity contribution in [1.29, 1.82) is 0 Å². The zero-order valence-corrected chi connectivity index (χ0v) is 20.4. The molecule has 2 aromatic rings. The third-order valence-corrected chi connectivity index (χ3v) is 6.84. The van der Waals surface area contributed by atoms with Gasteiger partial charge in [0.1, 0.15) is 5.75 Å². The van der Waals surface area contributed by atoms with Crippen LogP contribution in [-0.4, -0.2) is 18.1 Å². The monoisotopic (exact) mass is 481 g/mol. The van der Waals surface area contributed by atoms with E-state index in [2.05, 4.69) is 24.4 Å². The number of hydrogen-bond donors (Lipinski definition) is 1. The van der Waals surface area contributed by atoms with Crippen molar-refractivity contribution in [3.8, 4) is 5.75 Å². The van der Waals surface area contributed by atoms with Gasteiger partial charge < -0.3 is 10.1 Å². The van der Waals surface area contributed by atoms with Crippen molar-refractivity contribution < 1.29 is 9.53 Å². The highest BCUT2D eigenvalue weighted by atomic mass is 35.5. The highest BCUT2D eigenvalue weighted by molar-refractivity contribution is 6.34. The van der Waals surface area contributed by atoms with Crippen LogP contribution in [0.3, 0.4) is 0 Å². The third kappa shape index (κ3) is 6.54. The van der Waals surface area contributed by atoms with Crippen LogP contribution in [-0.2, 0) is 4.79 Å². The Morgan fingerprint density at radius 3 is 2.39 bits per heavy atom. The maximum atomic E-state index is 13.3. The van der Waals surface area contributed by atoms with Crippen molar-refractivity contribution in [2.45, 2.75) is 63.9 Å². The lowest BCUT2D eigenvalue weighted by molar-refractivity contribution is -0.136. The summed E-state index contributed by atoms with van der Waals surface area (Å²) in [6.07, 6.45) is 5.87. The van der Waals surface area contributed by atoms with Gasteiger partial charge in [-0.3, -0.25) is 4.79 Å². The van der Waals surface area contributed by atoms with Crippen LogP contribution in [0.1, 0.15) is 63.9 Å². The second kappa shape index (κ2) is 10.9. The van der Waals surface area contributed by atoms with Gasteiger partial charge in [0.2, 0.25) is 0 Å². The van der Waals surface area contributed by atoms with Crippen molar-refractivity contribution in [1.82, 2.24) is 5.32 Å². The van der Waals surface area contributed by atoms with E-state index >= 15 is 0 Å². The number of benzene rings is 2. The third-order valence-electron chi connectivity index (χ3n) is 6.15. The van der Waals surface area contributed by atoms with Crippen LogP contribution in [0.2, 0.25) is 15.1 Å². The van der Waals surface area contributed by atoms with Crippen LogP contribution in [0.5, 0.6) is 5.75 Å². The van der Waals surface area contributed by atoms with Crippen LogP contribution in [0.15, 0.2) is 42.5 Å². The Morgan fingerprint density at radius 2 is 1.74 bits per heavy atom. The fourth-order valence-corrected chi connectivity index (χ4v) is 5.05. The van der Waals surface area contributed by atoms with Crippen molar-refractivity contribution in [3.63, 3.8) is 0 Å². The lowest BCUT2D eigenvalue weighted by Gasteiger charge is -2.31. The summed E-state index contributed by atoms with van der Waals surface area (Å²) < 4.78 is 6.17. The average Bonchev–Trinajstić information content (AvgIpc) is 3.19. The van der Waals surface area contributed by atoms with E-state index in [1.165, 1.54) is 12.0 Å². The number of rotatable bonds is 9. The van der Waals surface area contributed by atoms with Crippen molar-refractivity contribution in [3.05, 3.63) is 63.1 Å². The summed E-state index contributed by atoms with van der Waals surface area (Å²) in [5.41, 5.74) is 0.304. The van der Waals surface area contributed by atoms with Gasteiger partial charge in [0.15, 0.2) is 5.60 Å². The minimum Gasteiger partial charge on any atom is -0.478 e. The van der Waals surface area contributed by atoms with Crippen LogP contribution in [0.4, 0.5) is 0 Å². The number of amides is 1. The van der Waals surface area contributed by atoms with Gasteiger partial charge in [0.05, 0.1) is 0 Å². The van der Waals surface area contributed by atoms with E-state index in [1.807, 2.05) is 19.1 Å². The molecule has 0 bridgehead atoms. The Kier molecular flexibility index (Phi) is 8.55. The second-order valence-corrected chi connectivity index (χ2v) is 9.91. The lowest BCUT2D eigenvalue weighted by Crippen LogP contribution is -2.50. The number of halogens is 3. The molecular weight excluding hydrogens is 453 g/mol. The summed E-state index contributed by atoms with van der Waals surface area (Å²) in [6, 6.07) is 13.1. The molecule has 1 saturated carbocycles. The summed E-state index contributed by atoms with van der Waals surface area (Å²) in [6.45, 7) is 4.58. The quantitative estimate of drug-likeness (QED) is 0.398. The first-order valence-corrected chi connectivity index (χ1v) is 12.1. The molecule has 0 heterocycles. The number of unbranched alkanes of at least 4 members (excludes halogenated alkanes) is 1. The lowest BCUT2D eigenvalue weighted by atomic mass is 9.88. The topological polar surface area (TPSA) is 38.3 Å². The standard InChI is InChI=1S/C25H30Cl3NO2/c1-3-4-12-25(2,31-22-14-20(27)13-21(28)15-22)24(30)29-16-18-6-5-7-23(18)17-8-10-19(26)11-9-17/h8-11,13-15,18,23H,3-7,12,16H2,1-2H3,(H,29,30). The van der Waals surface area contributed by atoms with Gasteiger partial charge in [-0.2, -0.15) is 0 Å². The fourth-order valence-electron chi connectivity index (χ4n) is 4.41. The van der Waals surface area contributed by atoms with Crippen molar-refractivity contribution in [2.75, 3.05) is 6.54 Å². The summed E-state index contributed by atoms with van der Waals surface area (Å²) in [5.74, 6) is 1.25. The first-order valence-electron chi connectivity index (χ1n) is 11.0. The normalized spacial score (nSPS) is 20.3. The molecule has 31 heavy (non-hydrogen) atoms. The molecule has 1 N–H and O–H groups in total. The number of carbonyl (C=O) groups excluding carboxylic acids is 1. The van der Waals surface area contributed by atoms with Crippen molar-refractivity contribution >= 4 is 40.7 Å². The maximum Gasteiger partial charge on any atom is 0.263 e. The minimum absolute atomic E-state index is 0.0983. The first-order chi connectivity index (χ1) is 14.8. The summed E-state index contributed by atoms with van der Waals surface area (Å²) in [5, 5.41) is 4.89. The summed E-state index contributed by atoms with van der Waals surface area (Å²) >= 11 is 18.3. The van der Waals surface area contributed by atoms with Crippen LogP contribution < -0.4 is 10.1 Å². The molecule has 0 saturated heterocycles. The Balaban J connectivity index is 1.68. The predicted octanol–water partition coefficient (Wildman–Crippen LogP) is 7.67. The number of hydrogen-bond acceptors (Lipinski definition) is 2. The number of carbonyl (C=O) groups is 1. The molecule has 0 aromatic heterocycles. The van der Waals surface area contributed by atoms with Crippen LogP contribution >= 0.6 is 34.8 Å². The van der Waals surface area contributed by atoms with Gasteiger partial charge in [-0.25, -0.2) is 0 Å². The zero-order chi connectivity index (χ0) is 22.4. The van der Waals surface area contributed by atoms with Crippen LogP contribution in [0, 0.1) is 5.92 Å². The first kappa shape index (κ1) is 24.2. The predicted molar refractivity (Wildman–Crippen MR) is 130 cm³/mol. The van der Waals surface area contributed by atoms with E-state index in [1.54, 1.807) is 18.2 Å². The SMILES string of the molecule is CCCCC(C)(Oc1cc(Cl)cc(Cl)c1)C(=O)NCC1CCCC1c1ccc(Cl)cc1. The highest BCUT2D eigenvalue weighted by Crippen LogP contribution is 2.39. The molecule has 3 rings (SSSR count). The summed E-state index contributed by atoms with van der Waals surface area (Å²) in [4.78, 5) is 13.3. The Hall–Kier alpha value is -1.42. The van der Waals surface area contributed by atoms with E-state index in [-0.39, 0.29) is 5.91 Å². The average molecular weight is 483 g/mol. The fraction of sp³-hybridized carbons (Fsp3) is 0.480. The molecule has 2 aromatic carbocycles. The minimum atomic E-state index is -0.988. The van der Waals surface area contributed by atoms with E-state index in [4.69, 9.17) is 39.5 Å². The molecule has 6 heteroatoms. The van der Waals surface area contributed by atoms with Gasteiger partial charge in [0, 0.05) is 21.6 Å². The van der Waals surface area contributed by atoms with Gasteiger partial charge in [0.25, 0.3) is 5.91 Å². The second-order valence-electron chi connectivity index (χ2n) is 8.60. The van der Waals surface area contributed by atoms with Gasteiger partial charge in [-0.15, -0.1) is 0 Å². The number of ether oxygens (including phenoxy) is 1. The van der Waals surface area contributed by atoms with Crippen molar-refractivity contribution in [2.24, 2.45) is 5.92 Å². The molecule has 3 unspecified atom stereocenters. The largest absolute Gasteiger partial charge is 0.478 e. The van der Waals surface area contributed by atoms with Crippen LogP contribution in [0.25, 0.3) is 0 Å². The van der Waals surface area contributed by atoms with E-state index in [9.17, 15) is 4.79 Å². The van der Waals surface area contributed by atoms with Gasteiger partial charge >= 0.3 is 0 Å². The van der Waals surface area contributed by atoms with E-state index in [0.717, 1.165) is 30.7 Å². The maximum absolute atomic E-state index is 13.3. The Morgan fingerprint density at radius 1 is 1.06 bits per heavy atom. The van der Waals surface area contributed by atoms with Gasteiger partial charge in [-0.1, -0.05) is 66.7 Å². The van der Waals surface area contributed by atoms with E-state index in [0.29, 0.717) is 40.6 Å². The highest BCUT2D eigenvalue weighted by Gasteiger charge is 2.37. The molecule has 1 aliphatic rings. The van der Waals surface area contributed by atoms with E-state index < -0.39 is 5.60 Å².